The van der Waals surface area contributed by atoms with E-state index in [0.29, 0.717) is 12.6 Å². The standard InChI is InChI=1S/C16H15BrN2O/c17-15-7-2-1-6-14(15)16(20)19(13-8-9-13)11-12-5-3-4-10-18-12/h1-7,10,13H,8-9,11H2. The lowest BCUT2D eigenvalue weighted by atomic mass is 10.2. The molecule has 1 aliphatic rings. The van der Waals surface area contributed by atoms with Crippen LogP contribution in [-0.2, 0) is 6.54 Å². The highest BCUT2D eigenvalue weighted by Crippen LogP contribution is 2.30. The number of amides is 1. The molecule has 20 heavy (non-hydrogen) atoms. The number of benzene rings is 1. The summed E-state index contributed by atoms with van der Waals surface area (Å²) < 4.78 is 0.844. The maximum Gasteiger partial charge on any atom is 0.255 e. The molecule has 4 heteroatoms. The van der Waals surface area contributed by atoms with Gasteiger partial charge in [-0.2, -0.15) is 0 Å². The zero-order chi connectivity index (χ0) is 13.9. The fourth-order valence-corrected chi connectivity index (χ4v) is 2.66. The van der Waals surface area contributed by atoms with Crippen molar-refractivity contribution in [2.24, 2.45) is 0 Å². The molecule has 0 bridgehead atoms. The molecule has 1 aromatic carbocycles. The molecule has 3 rings (SSSR count). The molecule has 1 aromatic heterocycles. The van der Waals surface area contributed by atoms with Gasteiger partial charge in [0.25, 0.3) is 5.91 Å². The SMILES string of the molecule is O=C(c1ccccc1Br)N(Cc1ccccn1)C1CC1. The summed E-state index contributed by atoms with van der Waals surface area (Å²) in [5.41, 5.74) is 1.65. The highest BCUT2D eigenvalue weighted by atomic mass is 79.9. The molecule has 1 saturated carbocycles. The van der Waals surface area contributed by atoms with Gasteiger partial charge in [0, 0.05) is 16.7 Å². The van der Waals surface area contributed by atoms with Crippen molar-refractivity contribution >= 4 is 21.8 Å². The molecule has 0 radical (unpaired) electrons. The van der Waals surface area contributed by atoms with E-state index < -0.39 is 0 Å². The molecule has 2 aromatic rings. The van der Waals surface area contributed by atoms with Gasteiger partial charge in [-0.1, -0.05) is 18.2 Å². The Bertz CT molecular complexity index is 611. The van der Waals surface area contributed by atoms with E-state index in [2.05, 4.69) is 20.9 Å². The van der Waals surface area contributed by atoms with Crippen LogP contribution in [0.3, 0.4) is 0 Å². The summed E-state index contributed by atoms with van der Waals surface area (Å²) in [6, 6.07) is 13.7. The smallest absolute Gasteiger partial charge is 0.255 e. The van der Waals surface area contributed by atoms with E-state index in [0.717, 1.165) is 28.6 Å². The van der Waals surface area contributed by atoms with Crippen molar-refractivity contribution in [1.29, 1.82) is 0 Å². The second-order valence-electron chi connectivity index (χ2n) is 4.97. The molecule has 1 fully saturated rings. The Kier molecular flexibility index (Phi) is 3.83. The van der Waals surface area contributed by atoms with Gasteiger partial charge >= 0.3 is 0 Å². The predicted octanol–water partition coefficient (Wildman–Crippen LogP) is 3.65. The summed E-state index contributed by atoms with van der Waals surface area (Å²) in [5.74, 6) is 0.0747. The summed E-state index contributed by atoms with van der Waals surface area (Å²) in [6.45, 7) is 0.575. The Hall–Kier alpha value is -1.68. The van der Waals surface area contributed by atoms with E-state index in [-0.39, 0.29) is 5.91 Å². The lowest BCUT2D eigenvalue weighted by molar-refractivity contribution is 0.0727. The van der Waals surface area contributed by atoms with Crippen LogP contribution in [0.15, 0.2) is 53.1 Å². The van der Waals surface area contributed by atoms with Gasteiger partial charge in [0.05, 0.1) is 17.8 Å². The number of carbonyl (C=O) groups excluding carboxylic acids is 1. The second kappa shape index (κ2) is 5.75. The lowest BCUT2D eigenvalue weighted by Crippen LogP contribution is -2.33. The number of hydrogen-bond acceptors (Lipinski definition) is 2. The molecule has 3 nitrogen and oxygen atoms in total. The van der Waals surface area contributed by atoms with Crippen LogP contribution >= 0.6 is 15.9 Å². The van der Waals surface area contributed by atoms with Crippen molar-refractivity contribution in [3.63, 3.8) is 0 Å². The minimum Gasteiger partial charge on any atom is -0.330 e. The maximum absolute atomic E-state index is 12.7. The van der Waals surface area contributed by atoms with E-state index in [1.54, 1.807) is 6.20 Å². The van der Waals surface area contributed by atoms with Crippen LogP contribution in [0, 0.1) is 0 Å². The number of carbonyl (C=O) groups is 1. The van der Waals surface area contributed by atoms with Gasteiger partial charge in [-0.3, -0.25) is 9.78 Å². The Morgan fingerprint density at radius 2 is 1.95 bits per heavy atom. The Labute approximate surface area is 126 Å². The van der Waals surface area contributed by atoms with Gasteiger partial charge in [-0.15, -0.1) is 0 Å². The minimum atomic E-state index is 0.0747. The van der Waals surface area contributed by atoms with Crippen molar-refractivity contribution in [3.8, 4) is 0 Å². The first-order valence-corrected chi connectivity index (χ1v) is 7.50. The van der Waals surface area contributed by atoms with Gasteiger partial charge in [-0.25, -0.2) is 0 Å². The molecule has 1 heterocycles. The van der Waals surface area contributed by atoms with Crippen LogP contribution in [0.1, 0.15) is 28.9 Å². The van der Waals surface area contributed by atoms with Crippen molar-refractivity contribution in [2.75, 3.05) is 0 Å². The third-order valence-corrected chi connectivity index (χ3v) is 4.10. The molecule has 0 spiro atoms. The summed E-state index contributed by atoms with van der Waals surface area (Å²) in [5, 5.41) is 0. The van der Waals surface area contributed by atoms with E-state index in [1.807, 2.05) is 47.4 Å². The van der Waals surface area contributed by atoms with Gasteiger partial charge in [-0.05, 0) is 53.0 Å². The fourth-order valence-electron chi connectivity index (χ4n) is 2.21. The number of nitrogens with zero attached hydrogens (tertiary/aromatic N) is 2. The summed E-state index contributed by atoms with van der Waals surface area (Å²) in [7, 11) is 0. The molecule has 0 atom stereocenters. The molecule has 0 aliphatic heterocycles. The molecule has 1 aliphatic carbocycles. The van der Waals surface area contributed by atoms with Gasteiger partial charge in [0.1, 0.15) is 0 Å². The number of pyridine rings is 1. The van der Waals surface area contributed by atoms with E-state index in [1.165, 1.54) is 0 Å². The molecule has 0 unspecified atom stereocenters. The number of hydrogen-bond donors (Lipinski definition) is 0. The van der Waals surface area contributed by atoms with E-state index in [4.69, 9.17) is 0 Å². The monoisotopic (exact) mass is 330 g/mol. The Morgan fingerprint density at radius 1 is 1.20 bits per heavy atom. The molecular weight excluding hydrogens is 316 g/mol. The zero-order valence-corrected chi connectivity index (χ0v) is 12.6. The second-order valence-corrected chi connectivity index (χ2v) is 5.82. The van der Waals surface area contributed by atoms with Gasteiger partial charge < -0.3 is 4.90 Å². The topological polar surface area (TPSA) is 33.2 Å². The molecule has 0 N–H and O–H groups in total. The summed E-state index contributed by atoms with van der Waals surface area (Å²) >= 11 is 3.46. The van der Waals surface area contributed by atoms with Crippen molar-refractivity contribution in [1.82, 2.24) is 9.88 Å². The Balaban J connectivity index is 1.84. The largest absolute Gasteiger partial charge is 0.330 e. The minimum absolute atomic E-state index is 0.0747. The first-order valence-electron chi connectivity index (χ1n) is 6.71. The van der Waals surface area contributed by atoms with Crippen LogP contribution < -0.4 is 0 Å². The first-order chi connectivity index (χ1) is 9.75. The zero-order valence-electron chi connectivity index (χ0n) is 11.0. The highest BCUT2D eigenvalue weighted by molar-refractivity contribution is 9.10. The third kappa shape index (κ3) is 2.90. The third-order valence-electron chi connectivity index (χ3n) is 3.41. The predicted molar refractivity (Wildman–Crippen MR) is 81.3 cm³/mol. The maximum atomic E-state index is 12.7. The van der Waals surface area contributed by atoms with Crippen LogP contribution in [0.4, 0.5) is 0 Å². The molecule has 0 saturated heterocycles. The number of aromatic nitrogens is 1. The van der Waals surface area contributed by atoms with Crippen molar-refractivity contribution in [3.05, 3.63) is 64.4 Å². The fraction of sp³-hybridized carbons (Fsp3) is 0.250. The van der Waals surface area contributed by atoms with E-state index in [9.17, 15) is 4.79 Å². The highest BCUT2D eigenvalue weighted by Gasteiger charge is 2.33. The van der Waals surface area contributed by atoms with Crippen LogP contribution in [0.25, 0.3) is 0 Å². The summed E-state index contributed by atoms with van der Waals surface area (Å²) in [4.78, 5) is 19.0. The molecule has 1 amide bonds. The lowest BCUT2D eigenvalue weighted by Gasteiger charge is -2.22. The molecular formula is C16H15BrN2O. The average Bonchev–Trinajstić information content (AvgIpc) is 3.30. The first kappa shape index (κ1) is 13.3. The van der Waals surface area contributed by atoms with Crippen molar-refractivity contribution < 1.29 is 4.79 Å². The quantitative estimate of drug-likeness (QED) is 0.857. The van der Waals surface area contributed by atoms with Gasteiger partial charge in [0.15, 0.2) is 0 Å². The Morgan fingerprint density at radius 3 is 2.60 bits per heavy atom. The van der Waals surface area contributed by atoms with Crippen LogP contribution in [0.2, 0.25) is 0 Å². The normalized spacial score (nSPS) is 14.1. The van der Waals surface area contributed by atoms with E-state index >= 15 is 0 Å². The van der Waals surface area contributed by atoms with Gasteiger partial charge in [0.2, 0.25) is 0 Å². The average molecular weight is 331 g/mol. The number of rotatable bonds is 4. The number of halogens is 1. The molecule has 102 valence electrons. The summed E-state index contributed by atoms with van der Waals surface area (Å²) in [6.07, 6.45) is 3.94. The van der Waals surface area contributed by atoms with Crippen molar-refractivity contribution in [2.45, 2.75) is 25.4 Å². The van der Waals surface area contributed by atoms with Crippen LogP contribution in [0.5, 0.6) is 0 Å². The van der Waals surface area contributed by atoms with Crippen LogP contribution in [-0.4, -0.2) is 21.8 Å².